The Hall–Kier alpha value is -1.30. The highest BCUT2D eigenvalue weighted by Crippen LogP contribution is 2.19. The lowest BCUT2D eigenvalue weighted by Crippen LogP contribution is -3.12. The maximum absolute atomic E-state index is 12.1. The highest BCUT2D eigenvalue weighted by Gasteiger charge is 2.20. The number of rotatable bonds is 6. The van der Waals surface area contributed by atoms with Gasteiger partial charge in [-0.2, -0.15) is 0 Å². The molecule has 1 aliphatic heterocycles. The van der Waals surface area contributed by atoms with Crippen LogP contribution in [0.4, 0.5) is 0 Å². The van der Waals surface area contributed by atoms with Crippen LogP contribution >= 0.6 is 27.7 Å². The van der Waals surface area contributed by atoms with Crippen molar-refractivity contribution in [2.45, 2.75) is 17.9 Å². The number of carbonyl (C=O) groups excluding carboxylic acids is 1. The standard InChI is InChI=1S/C19H21BrN2OS/c20-17-5-7-18(8-6-17)24-12-10-21-19(23)14-22-11-9-15-3-1-2-4-16(15)13-22/h1-8H,9-14H2,(H,21,23)/p+1. The number of quaternary nitrogens is 1. The normalized spacial score (nSPS) is 16.5. The summed E-state index contributed by atoms with van der Waals surface area (Å²) in [4.78, 5) is 14.7. The van der Waals surface area contributed by atoms with E-state index in [4.69, 9.17) is 0 Å². The molecule has 5 heteroatoms. The Morgan fingerprint density at radius 3 is 2.67 bits per heavy atom. The molecule has 3 nitrogen and oxygen atoms in total. The lowest BCUT2D eigenvalue weighted by Gasteiger charge is -2.25. The number of benzene rings is 2. The van der Waals surface area contributed by atoms with Gasteiger partial charge in [0.15, 0.2) is 6.54 Å². The van der Waals surface area contributed by atoms with Gasteiger partial charge in [0.1, 0.15) is 6.54 Å². The van der Waals surface area contributed by atoms with Crippen LogP contribution in [0.25, 0.3) is 0 Å². The lowest BCUT2D eigenvalue weighted by atomic mass is 10.00. The van der Waals surface area contributed by atoms with E-state index < -0.39 is 0 Å². The molecule has 0 radical (unpaired) electrons. The predicted octanol–water partition coefficient (Wildman–Crippen LogP) is 2.30. The van der Waals surface area contributed by atoms with Gasteiger partial charge >= 0.3 is 0 Å². The number of carbonyl (C=O) groups is 1. The van der Waals surface area contributed by atoms with Crippen molar-refractivity contribution in [3.63, 3.8) is 0 Å². The van der Waals surface area contributed by atoms with Gasteiger partial charge in [-0.1, -0.05) is 40.2 Å². The summed E-state index contributed by atoms with van der Waals surface area (Å²) in [5, 5.41) is 3.05. The fourth-order valence-corrected chi connectivity index (χ4v) is 4.01. The monoisotopic (exact) mass is 405 g/mol. The lowest BCUT2D eigenvalue weighted by molar-refractivity contribution is -0.908. The third-order valence-corrected chi connectivity index (χ3v) is 5.77. The second-order valence-electron chi connectivity index (χ2n) is 6.02. The summed E-state index contributed by atoms with van der Waals surface area (Å²) in [5.41, 5.74) is 2.82. The molecule has 2 aromatic carbocycles. The smallest absolute Gasteiger partial charge is 0.275 e. The first-order valence-corrected chi connectivity index (χ1v) is 10.0. The summed E-state index contributed by atoms with van der Waals surface area (Å²) in [7, 11) is 0. The number of fused-ring (bicyclic) bond motifs is 1. The summed E-state index contributed by atoms with van der Waals surface area (Å²) in [5.74, 6) is 1.05. The molecule has 126 valence electrons. The summed E-state index contributed by atoms with van der Waals surface area (Å²) in [6.07, 6.45) is 1.07. The number of thioether (sulfide) groups is 1. The minimum atomic E-state index is 0.154. The highest BCUT2D eigenvalue weighted by atomic mass is 79.9. The van der Waals surface area contributed by atoms with Gasteiger partial charge in [-0.05, 0) is 29.8 Å². The van der Waals surface area contributed by atoms with Crippen LogP contribution in [0.1, 0.15) is 11.1 Å². The molecule has 0 saturated carbocycles. The quantitative estimate of drug-likeness (QED) is 0.570. The first-order chi connectivity index (χ1) is 11.7. The van der Waals surface area contributed by atoms with Crippen molar-refractivity contribution in [1.82, 2.24) is 5.32 Å². The molecule has 1 atom stereocenters. The maximum atomic E-state index is 12.1. The molecule has 24 heavy (non-hydrogen) atoms. The van der Waals surface area contributed by atoms with Crippen LogP contribution in [-0.2, 0) is 17.8 Å². The van der Waals surface area contributed by atoms with Gasteiger partial charge in [-0.15, -0.1) is 11.8 Å². The highest BCUT2D eigenvalue weighted by molar-refractivity contribution is 9.10. The van der Waals surface area contributed by atoms with E-state index >= 15 is 0 Å². The van der Waals surface area contributed by atoms with Crippen LogP contribution in [0.15, 0.2) is 57.9 Å². The van der Waals surface area contributed by atoms with Crippen molar-refractivity contribution in [2.24, 2.45) is 0 Å². The number of hydrogen-bond donors (Lipinski definition) is 2. The van der Waals surface area contributed by atoms with Crippen LogP contribution in [0.2, 0.25) is 0 Å². The Morgan fingerprint density at radius 1 is 1.12 bits per heavy atom. The number of nitrogens with one attached hydrogen (secondary N) is 2. The van der Waals surface area contributed by atoms with Crippen molar-refractivity contribution >= 4 is 33.6 Å². The summed E-state index contributed by atoms with van der Waals surface area (Å²) >= 11 is 5.20. The fraction of sp³-hybridized carbons (Fsp3) is 0.316. The van der Waals surface area contributed by atoms with E-state index in [0.29, 0.717) is 13.1 Å². The first-order valence-electron chi connectivity index (χ1n) is 8.26. The average Bonchev–Trinajstić information content (AvgIpc) is 2.60. The van der Waals surface area contributed by atoms with Gasteiger partial charge in [-0.3, -0.25) is 4.79 Å². The van der Waals surface area contributed by atoms with Crippen LogP contribution in [-0.4, -0.2) is 31.3 Å². The van der Waals surface area contributed by atoms with Gasteiger partial charge in [0, 0.05) is 33.7 Å². The second-order valence-corrected chi connectivity index (χ2v) is 8.11. The largest absolute Gasteiger partial charge is 0.350 e. The molecule has 0 saturated heterocycles. The van der Waals surface area contributed by atoms with E-state index in [9.17, 15) is 4.79 Å². The van der Waals surface area contributed by atoms with E-state index in [1.165, 1.54) is 20.9 Å². The van der Waals surface area contributed by atoms with Crippen molar-refractivity contribution in [3.05, 3.63) is 64.1 Å². The first kappa shape index (κ1) is 17.5. The van der Waals surface area contributed by atoms with Gasteiger partial charge in [0.05, 0.1) is 6.54 Å². The molecule has 2 aromatic rings. The van der Waals surface area contributed by atoms with Gasteiger partial charge < -0.3 is 10.2 Å². The van der Waals surface area contributed by atoms with Crippen molar-refractivity contribution in [3.8, 4) is 0 Å². The zero-order chi connectivity index (χ0) is 16.8. The third kappa shape index (κ3) is 5.10. The molecule has 0 spiro atoms. The Labute approximate surface area is 155 Å². The predicted molar refractivity (Wildman–Crippen MR) is 102 cm³/mol. The fourth-order valence-electron chi connectivity index (χ4n) is 2.97. The van der Waals surface area contributed by atoms with Gasteiger partial charge in [-0.25, -0.2) is 0 Å². The average molecular weight is 406 g/mol. The minimum absolute atomic E-state index is 0.154. The Morgan fingerprint density at radius 2 is 1.88 bits per heavy atom. The molecule has 0 aromatic heterocycles. The molecule has 0 aliphatic carbocycles. The van der Waals surface area contributed by atoms with Gasteiger partial charge in [0.25, 0.3) is 5.91 Å². The maximum Gasteiger partial charge on any atom is 0.275 e. The van der Waals surface area contributed by atoms with E-state index in [2.05, 4.69) is 57.6 Å². The molecule has 1 unspecified atom stereocenters. The van der Waals surface area contributed by atoms with Crippen LogP contribution < -0.4 is 10.2 Å². The molecule has 2 N–H and O–H groups in total. The Kier molecular flexibility index (Phi) is 6.35. The van der Waals surface area contributed by atoms with E-state index in [0.717, 1.165) is 29.7 Å². The summed E-state index contributed by atoms with van der Waals surface area (Å²) < 4.78 is 1.09. The van der Waals surface area contributed by atoms with Crippen molar-refractivity contribution < 1.29 is 9.69 Å². The molecule has 0 fully saturated rings. The minimum Gasteiger partial charge on any atom is -0.350 e. The Balaban J connectivity index is 1.36. The Bertz CT molecular complexity index is 690. The van der Waals surface area contributed by atoms with Crippen LogP contribution in [0.3, 0.4) is 0 Å². The number of amides is 1. The number of hydrogen-bond acceptors (Lipinski definition) is 2. The summed E-state index contributed by atoms with van der Waals surface area (Å²) in [6.45, 7) is 3.27. The zero-order valence-corrected chi connectivity index (χ0v) is 16.0. The van der Waals surface area contributed by atoms with Crippen LogP contribution in [0.5, 0.6) is 0 Å². The third-order valence-electron chi connectivity index (χ3n) is 4.22. The molecule has 0 bridgehead atoms. The van der Waals surface area contributed by atoms with Gasteiger partial charge in [0.2, 0.25) is 0 Å². The summed E-state index contributed by atoms with van der Waals surface area (Å²) in [6, 6.07) is 16.8. The zero-order valence-electron chi connectivity index (χ0n) is 13.6. The van der Waals surface area contributed by atoms with E-state index in [1.54, 1.807) is 11.8 Å². The molecular weight excluding hydrogens is 384 g/mol. The molecular formula is C19H22BrN2OS+. The molecule has 1 aliphatic rings. The number of halogens is 1. The van der Waals surface area contributed by atoms with Crippen molar-refractivity contribution in [2.75, 3.05) is 25.4 Å². The van der Waals surface area contributed by atoms with E-state index in [-0.39, 0.29) is 5.91 Å². The van der Waals surface area contributed by atoms with E-state index in [1.807, 2.05) is 12.1 Å². The second kappa shape index (κ2) is 8.70. The SMILES string of the molecule is O=C(C[NH+]1CCc2ccccc2C1)NCCSc1ccc(Br)cc1. The van der Waals surface area contributed by atoms with Crippen LogP contribution in [0, 0.1) is 0 Å². The topological polar surface area (TPSA) is 33.5 Å². The molecule has 1 heterocycles. The van der Waals surface area contributed by atoms with Crippen molar-refractivity contribution in [1.29, 1.82) is 0 Å². The molecule has 3 rings (SSSR count). The molecule has 1 amide bonds.